The third kappa shape index (κ3) is 6.61. The molecule has 3 rings (SSSR count). The maximum absolute atomic E-state index is 13.5. The molecule has 0 aliphatic carbocycles. The monoisotopic (exact) mass is 460 g/mol. The van der Waals surface area contributed by atoms with Crippen molar-refractivity contribution in [1.82, 2.24) is 10.2 Å². The van der Waals surface area contributed by atoms with Gasteiger partial charge in [0.25, 0.3) is 0 Å². The van der Waals surface area contributed by atoms with Gasteiger partial charge in [0.2, 0.25) is 11.8 Å². The van der Waals surface area contributed by atoms with Crippen molar-refractivity contribution < 1.29 is 19.1 Å². The Morgan fingerprint density at radius 3 is 2.03 bits per heavy atom. The highest BCUT2D eigenvalue weighted by atomic mass is 16.5. The lowest BCUT2D eigenvalue weighted by molar-refractivity contribution is -0.141. The van der Waals surface area contributed by atoms with Gasteiger partial charge in [-0.1, -0.05) is 66.7 Å². The number of amides is 2. The Hall–Kier alpha value is -3.80. The summed E-state index contributed by atoms with van der Waals surface area (Å²) in [7, 11) is 4.79. The number of hydrogen-bond donors (Lipinski definition) is 1. The van der Waals surface area contributed by atoms with Gasteiger partial charge in [-0.05, 0) is 35.2 Å². The van der Waals surface area contributed by atoms with Gasteiger partial charge in [0.05, 0.1) is 14.2 Å². The van der Waals surface area contributed by atoms with Crippen LogP contribution in [0.2, 0.25) is 0 Å². The summed E-state index contributed by atoms with van der Waals surface area (Å²) >= 11 is 0. The van der Waals surface area contributed by atoms with Crippen molar-refractivity contribution in [3.63, 3.8) is 0 Å². The minimum atomic E-state index is -0.620. The number of nitrogens with zero attached hydrogens (tertiary/aromatic N) is 1. The number of carbonyl (C=O) groups excluding carboxylic acids is 2. The van der Waals surface area contributed by atoms with Crippen molar-refractivity contribution in [3.05, 3.63) is 95.6 Å². The summed E-state index contributed by atoms with van der Waals surface area (Å²) in [6.45, 7) is 0.358. The molecule has 0 saturated carbocycles. The molecule has 2 amide bonds. The lowest BCUT2D eigenvalue weighted by atomic mass is 10.0. The molecular formula is C28H32N2O4. The second kappa shape index (κ2) is 12.4. The first-order valence-electron chi connectivity index (χ1n) is 11.4. The Morgan fingerprint density at radius 1 is 0.824 bits per heavy atom. The molecule has 0 heterocycles. The highest BCUT2D eigenvalue weighted by Gasteiger charge is 2.29. The molecule has 0 radical (unpaired) electrons. The van der Waals surface area contributed by atoms with E-state index in [4.69, 9.17) is 9.47 Å². The van der Waals surface area contributed by atoms with E-state index in [9.17, 15) is 9.59 Å². The fourth-order valence-corrected chi connectivity index (χ4v) is 3.93. The van der Waals surface area contributed by atoms with Crippen molar-refractivity contribution in [2.45, 2.75) is 31.8 Å². The number of aryl methyl sites for hydroxylation is 1. The highest BCUT2D eigenvalue weighted by Crippen LogP contribution is 2.28. The van der Waals surface area contributed by atoms with Crippen LogP contribution in [0.5, 0.6) is 11.5 Å². The molecule has 0 aliphatic rings. The van der Waals surface area contributed by atoms with Crippen molar-refractivity contribution >= 4 is 11.8 Å². The number of likely N-dealkylation sites (N-methyl/N-ethyl adjacent to an activating group) is 1. The topological polar surface area (TPSA) is 67.9 Å². The van der Waals surface area contributed by atoms with Crippen LogP contribution in [0.4, 0.5) is 0 Å². The van der Waals surface area contributed by atoms with Crippen LogP contribution in [0, 0.1) is 0 Å². The summed E-state index contributed by atoms with van der Waals surface area (Å²) in [5.41, 5.74) is 2.94. The van der Waals surface area contributed by atoms with Crippen LogP contribution in [-0.4, -0.2) is 44.0 Å². The zero-order chi connectivity index (χ0) is 24.3. The maximum atomic E-state index is 13.5. The smallest absolute Gasteiger partial charge is 0.242 e. The predicted octanol–water partition coefficient (Wildman–Crippen LogP) is 4.02. The quantitative estimate of drug-likeness (QED) is 0.469. The molecule has 0 saturated heterocycles. The Morgan fingerprint density at radius 2 is 1.44 bits per heavy atom. The lowest BCUT2D eigenvalue weighted by Crippen LogP contribution is -2.49. The molecule has 3 aromatic rings. The molecule has 1 atom stereocenters. The first-order valence-corrected chi connectivity index (χ1v) is 11.4. The normalized spacial score (nSPS) is 11.4. The summed E-state index contributed by atoms with van der Waals surface area (Å²) in [6, 6.07) is 24.6. The Balaban J connectivity index is 1.84. The molecule has 0 bridgehead atoms. The number of carbonyl (C=O) groups is 2. The van der Waals surface area contributed by atoms with E-state index >= 15 is 0 Å². The molecular weight excluding hydrogens is 428 g/mol. The minimum absolute atomic E-state index is 0.0804. The van der Waals surface area contributed by atoms with Crippen molar-refractivity contribution in [3.8, 4) is 11.5 Å². The zero-order valence-corrected chi connectivity index (χ0v) is 20.0. The van der Waals surface area contributed by atoms with Gasteiger partial charge >= 0.3 is 0 Å². The van der Waals surface area contributed by atoms with Crippen LogP contribution in [-0.2, 0) is 29.0 Å². The van der Waals surface area contributed by atoms with E-state index in [1.54, 1.807) is 26.2 Å². The van der Waals surface area contributed by atoms with E-state index in [-0.39, 0.29) is 18.2 Å². The standard InChI is InChI=1S/C28H32N2O4/c1-29-28(32)24(18-21-10-6-4-7-11-21)30(20-23-12-8-5-9-13-23)27(31)17-15-22-14-16-25(33-2)26(19-22)34-3/h4-14,16,19,24H,15,17-18,20H2,1-3H3,(H,29,32)/t24-/m1/s1. The van der Waals surface area contributed by atoms with Crippen LogP contribution in [0.3, 0.4) is 0 Å². The molecule has 6 nitrogen and oxygen atoms in total. The highest BCUT2D eigenvalue weighted by molar-refractivity contribution is 5.88. The van der Waals surface area contributed by atoms with E-state index in [0.29, 0.717) is 30.9 Å². The molecule has 6 heteroatoms. The predicted molar refractivity (Wildman–Crippen MR) is 133 cm³/mol. The third-order valence-electron chi connectivity index (χ3n) is 5.79. The van der Waals surface area contributed by atoms with Gasteiger partial charge < -0.3 is 19.7 Å². The molecule has 3 aromatic carbocycles. The summed E-state index contributed by atoms with van der Waals surface area (Å²) in [5.74, 6) is 1.01. The summed E-state index contributed by atoms with van der Waals surface area (Å²) < 4.78 is 10.7. The fourth-order valence-electron chi connectivity index (χ4n) is 3.93. The number of methoxy groups -OCH3 is 2. The van der Waals surface area contributed by atoms with Gasteiger partial charge in [0.15, 0.2) is 11.5 Å². The Bertz CT molecular complexity index is 1070. The third-order valence-corrected chi connectivity index (χ3v) is 5.79. The van der Waals surface area contributed by atoms with Gasteiger partial charge in [-0.2, -0.15) is 0 Å². The number of benzene rings is 3. The molecule has 34 heavy (non-hydrogen) atoms. The van der Waals surface area contributed by atoms with Crippen LogP contribution < -0.4 is 14.8 Å². The molecule has 178 valence electrons. The van der Waals surface area contributed by atoms with E-state index < -0.39 is 6.04 Å². The number of nitrogens with one attached hydrogen (secondary N) is 1. The van der Waals surface area contributed by atoms with E-state index in [0.717, 1.165) is 16.7 Å². The molecule has 1 N–H and O–H groups in total. The SMILES string of the molecule is CNC(=O)[C@@H](Cc1ccccc1)N(Cc1ccccc1)C(=O)CCc1ccc(OC)c(OC)c1. The zero-order valence-electron chi connectivity index (χ0n) is 20.0. The number of hydrogen-bond acceptors (Lipinski definition) is 4. The molecule has 0 aromatic heterocycles. The molecule has 0 spiro atoms. The summed E-state index contributed by atoms with van der Waals surface area (Å²) in [5, 5.41) is 2.74. The second-order valence-electron chi connectivity index (χ2n) is 8.02. The first kappa shape index (κ1) is 24.8. The van der Waals surface area contributed by atoms with Crippen molar-refractivity contribution in [2.75, 3.05) is 21.3 Å². The number of ether oxygens (including phenoxy) is 2. The van der Waals surface area contributed by atoms with E-state index in [1.807, 2.05) is 78.9 Å². The van der Waals surface area contributed by atoms with Gasteiger partial charge in [-0.25, -0.2) is 0 Å². The largest absolute Gasteiger partial charge is 0.493 e. The molecule has 0 unspecified atom stereocenters. The van der Waals surface area contributed by atoms with E-state index in [2.05, 4.69) is 5.32 Å². The van der Waals surface area contributed by atoms with Crippen LogP contribution in [0.1, 0.15) is 23.1 Å². The van der Waals surface area contributed by atoms with Crippen molar-refractivity contribution in [2.24, 2.45) is 0 Å². The molecule has 0 fully saturated rings. The Labute approximate surface area is 201 Å². The molecule has 0 aliphatic heterocycles. The van der Waals surface area contributed by atoms with Gasteiger partial charge in [-0.3, -0.25) is 9.59 Å². The summed E-state index contributed by atoms with van der Waals surface area (Å²) in [4.78, 5) is 28.2. The van der Waals surface area contributed by atoms with Crippen molar-refractivity contribution in [1.29, 1.82) is 0 Å². The van der Waals surface area contributed by atoms with Crippen LogP contribution >= 0.6 is 0 Å². The van der Waals surface area contributed by atoms with Crippen LogP contribution in [0.25, 0.3) is 0 Å². The van der Waals surface area contributed by atoms with Gasteiger partial charge in [0, 0.05) is 26.4 Å². The number of rotatable bonds is 11. The fraction of sp³-hybridized carbons (Fsp3) is 0.286. The van der Waals surface area contributed by atoms with Crippen LogP contribution in [0.15, 0.2) is 78.9 Å². The average Bonchev–Trinajstić information content (AvgIpc) is 2.89. The Kier molecular flexibility index (Phi) is 9.09. The lowest BCUT2D eigenvalue weighted by Gasteiger charge is -2.31. The second-order valence-corrected chi connectivity index (χ2v) is 8.02. The van der Waals surface area contributed by atoms with Gasteiger partial charge in [-0.15, -0.1) is 0 Å². The minimum Gasteiger partial charge on any atom is -0.493 e. The maximum Gasteiger partial charge on any atom is 0.242 e. The first-order chi connectivity index (χ1) is 16.5. The summed E-state index contributed by atoms with van der Waals surface area (Å²) in [6.07, 6.45) is 1.23. The van der Waals surface area contributed by atoms with E-state index in [1.165, 1.54) is 0 Å². The average molecular weight is 461 g/mol. The van der Waals surface area contributed by atoms with Gasteiger partial charge in [0.1, 0.15) is 6.04 Å².